The largest absolute Gasteiger partial charge is 0.488 e. The Kier molecular flexibility index (Phi) is 10.4. The molecule has 0 spiro atoms. The molecule has 4 aromatic rings. The number of aromatic nitrogens is 8. The highest BCUT2D eigenvalue weighted by Gasteiger charge is 2.47. The molecule has 5 heterocycles. The zero-order chi connectivity index (χ0) is 35.2. The molecule has 28 heteroatoms. The van der Waals surface area contributed by atoms with E-state index in [4.69, 9.17) is 16.2 Å². The number of nitrogens with zero attached hydrogens (tertiary/aromatic N) is 6. The van der Waals surface area contributed by atoms with Gasteiger partial charge in [0, 0.05) is 0 Å². The van der Waals surface area contributed by atoms with Gasteiger partial charge in [0.15, 0.2) is 23.7 Å². The molecule has 5 rings (SSSR count). The number of anilines is 2. The van der Waals surface area contributed by atoms with Crippen LogP contribution in [-0.2, 0) is 45.2 Å². The molecule has 0 aromatic carbocycles. The number of aromatic amines is 2. The average molecular weight is 760 g/mol. The zero-order valence-electron chi connectivity index (χ0n) is 24.5. The monoisotopic (exact) mass is 759 g/mol. The lowest BCUT2D eigenvalue weighted by molar-refractivity contribution is -0.673. The Balaban J connectivity index is 1.10. The number of aliphatic hydroxyl groups excluding tert-OH is 2. The van der Waals surface area contributed by atoms with Crippen LogP contribution in [0.1, 0.15) is 12.6 Å². The maximum Gasteiger partial charge on any atom is 0.488 e. The average Bonchev–Trinajstić information content (AvgIpc) is 3.59. The van der Waals surface area contributed by atoms with Crippen LogP contribution in [-0.4, -0.2) is 95.1 Å². The number of nitrogens with one attached hydrogen (secondary N) is 2. The molecule has 7 atom stereocenters. The Morgan fingerprint density at radius 1 is 1.04 bits per heavy atom. The van der Waals surface area contributed by atoms with E-state index in [1.54, 1.807) is 22.5 Å². The number of hydrogen-bond acceptors (Lipinski definition) is 17. The molecule has 1 fully saturated rings. The Morgan fingerprint density at radius 3 is 2.46 bits per heavy atom. The van der Waals surface area contributed by atoms with Crippen molar-refractivity contribution in [3.63, 3.8) is 0 Å². The molecule has 0 aliphatic carbocycles. The van der Waals surface area contributed by atoms with Crippen molar-refractivity contribution in [3.05, 3.63) is 33.4 Å². The minimum atomic E-state index is -5.69. The van der Waals surface area contributed by atoms with Crippen LogP contribution < -0.4 is 27.2 Å². The van der Waals surface area contributed by atoms with Gasteiger partial charge in [-0.15, -0.1) is 11.8 Å². The number of phosphoric acid groups is 2. The third-order valence-corrected chi connectivity index (χ3v) is 13.3. The van der Waals surface area contributed by atoms with E-state index in [2.05, 4.69) is 38.1 Å². The number of nitrogen functional groups attached to an aromatic ring is 2. The molecule has 1 aliphatic rings. The van der Waals surface area contributed by atoms with E-state index in [0.29, 0.717) is 18.6 Å². The predicted octanol–water partition coefficient (Wildman–Crippen LogP) is -2.02. The summed E-state index contributed by atoms with van der Waals surface area (Å²) in [6.07, 6.45) is -3.34. The molecule has 1 saturated heterocycles. The van der Waals surface area contributed by atoms with Gasteiger partial charge in [-0.2, -0.15) is 9.29 Å². The number of ether oxygens (including phenoxy) is 1. The number of phosphoric ester groups is 1. The van der Waals surface area contributed by atoms with Gasteiger partial charge < -0.3 is 41.1 Å². The fourth-order valence-corrected chi connectivity index (χ4v) is 10.4. The van der Waals surface area contributed by atoms with Crippen molar-refractivity contribution in [1.29, 1.82) is 0 Å². The predicted molar refractivity (Wildman–Crippen MR) is 164 cm³/mol. The number of fused-ring (bicyclic) bond motifs is 2. The summed E-state index contributed by atoms with van der Waals surface area (Å²) in [5.74, 6) is -0.115. The smallest absolute Gasteiger partial charge is 0.387 e. The van der Waals surface area contributed by atoms with Crippen molar-refractivity contribution in [2.24, 2.45) is 7.05 Å². The van der Waals surface area contributed by atoms with E-state index in [-0.39, 0.29) is 34.3 Å². The number of H-pyrrole nitrogens is 2. The van der Waals surface area contributed by atoms with Gasteiger partial charge in [0.2, 0.25) is 11.5 Å². The molecule has 7 unspecified atom stereocenters. The Bertz CT molecular complexity index is 2100. The lowest BCUT2D eigenvalue weighted by Crippen LogP contribution is -2.34. The van der Waals surface area contributed by atoms with Crippen molar-refractivity contribution in [3.8, 4) is 0 Å². The zero-order valence-corrected chi connectivity index (χ0v) is 28.0. The molecular weight excluding hydrogens is 729 g/mol. The quantitative estimate of drug-likeness (QED) is 0.0380. The van der Waals surface area contributed by atoms with Crippen LogP contribution in [0.3, 0.4) is 0 Å². The van der Waals surface area contributed by atoms with Gasteiger partial charge in [0.1, 0.15) is 18.3 Å². The first-order valence-electron chi connectivity index (χ1n) is 13.5. The second kappa shape index (κ2) is 13.7. The molecule has 48 heavy (non-hydrogen) atoms. The van der Waals surface area contributed by atoms with E-state index >= 15 is 0 Å². The lowest BCUT2D eigenvalue weighted by Gasteiger charge is -2.20. The summed E-state index contributed by atoms with van der Waals surface area (Å²) < 4.78 is 59.9. The molecule has 0 amide bonds. The fraction of sp³-hybridized carbons (Fsp3) is 0.500. The van der Waals surface area contributed by atoms with Crippen LogP contribution in [0.15, 0.2) is 22.2 Å². The highest BCUT2D eigenvalue weighted by atomic mass is 32.2. The first-order valence-corrected chi connectivity index (χ1v) is 19.4. The third kappa shape index (κ3) is 8.05. The summed E-state index contributed by atoms with van der Waals surface area (Å²) in [6.45, 7) is -0.673. The summed E-state index contributed by atoms with van der Waals surface area (Å²) >= 11 is 0.858. The van der Waals surface area contributed by atoms with Crippen molar-refractivity contribution in [2.75, 3.05) is 29.3 Å². The number of aliphatic hydroxyl groups is 2. The summed E-state index contributed by atoms with van der Waals surface area (Å²) in [5.41, 5.74) is 9.67. The van der Waals surface area contributed by atoms with E-state index in [1.165, 1.54) is 0 Å². The highest BCUT2D eigenvalue weighted by molar-refractivity contribution is 8.04. The van der Waals surface area contributed by atoms with Gasteiger partial charge in [-0.3, -0.25) is 37.8 Å². The van der Waals surface area contributed by atoms with Gasteiger partial charge in [0.05, 0.1) is 32.0 Å². The van der Waals surface area contributed by atoms with Gasteiger partial charge in [-0.1, -0.05) is 4.98 Å². The van der Waals surface area contributed by atoms with Gasteiger partial charge in [0.25, 0.3) is 17.1 Å². The van der Waals surface area contributed by atoms with Crippen molar-refractivity contribution < 1.29 is 61.0 Å². The Morgan fingerprint density at radius 2 is 1.73 bits per heavy atom. The SMILES string of the molecule is Cn1c[n+](CCCSCP(=O)(O)OP(=O)(O)OP(=O)(O)OCC2OC(n3cnc4c(=O)[nH]c(N)nc43)C(O)C2O)c2nc(N)[nH]c(=O)c21. The highest BCUT2D eigenvalue weighted by Crippen LogP contribution is 2.68. The first-order chi connectivity index (χ1) is 22.4. The van der Waals surface area contributed by atoms with Crippen LogP contribution in [0.25, 0.3) is 22.3 Å². The van der Waals surface area contributed by atoms with E-state index in [9.17, 15) is 48.2 Å². The topological polar surface area (TPSA) is 359 Å². The number of rotatable bonds is 14. The first kappa shape index (κ1) is 36.3. The van der Waals surface area contributed by atoms with Gasteiger partial charge in [-0.05, 0) is 12.2 Å². The second-order valence-corrected chi connectivity index (χ2v) is 16.9. The summed E-state index contributed by atoms with van der Waals surface area (Å²) in [5, 5.41) is 20.9. The normalized spacial score (nSPS) is 23.7. The minimum absolute atomic E-state index is 0.0752. The standard InChI is InChI=1S/C20H29N10O14P3S/c1-28-7-29(15-11(28)17(34)27-20(22)25-15)3-2-4-48-8-45(35,36)43-47(39,40)44-46(37,38)41-5-9-12(31)13(32)18(42-9)30-6-23-10-14(30)24-19(21)26-16(10)33/h6-7,9,12-13,18,31-32H,2-5,8H2,1H3,(H8-,21,22,24,25,26,27,33,34,35,36,37,38,39,40)/p+1. The van der Waals surface area contributed by atoms with Gasteiger partial charge >= 0.3 is 28.9 Å². The van der Waals surface area contributed by atoms with Gasteiger partial charge in [-0.25, -0.2) is 23.0 Å². The third-order valence-electron chi connectivity index (χ3n) is 6.68. The van der Waals surface area contributed by atoms with Crippen molar-refractivity contribution >= 4 is 69.2 Å². The van der Waals surface area contributed by atoms with Crippen molar-refractivity contribution in [2.45, 2.75) is 37.5 Å². The molecule has 24 nitrogen and oxygen atoms in total. The minimum Gasteiger partial charge on any atom is -0.387 e. The number of thioether (sulfide) groups is 1. The van der Waals surface area contributed by atoms with Crippen LogP contribution >= 0.6 is 35.0 Å². The maximum atomic E-state index is 12.4. The molecule has 11 N–H and O–H groups in total. The van der Waals surface area contributed by atoms with E-state index in [0.717, 1.165) is 22.7 Å². The number of aryl methyl sites for hydroxylation is 2. The maximum absolute atomic E-state index is 12.4. The Labute approximate surface area is 271 Å². The Hall–Kier alpha value is -3.02. The lowest BCUT2D eigenvalue weighted by atomic mass is 10.1. The summed E-state index contributed by atoms with van der Waals surface area (Å²) in [7, 11) is -14.4. The van der Waals surface area contributed by atoms with Crippen LogP contribution in [0.4, 0.5) is 11.9 Å². The van der Waals surface area contributed by atoms with Crippen molar-refractivity contribution in [1.82, 2.24) is 34.1 Å². The number of hydrogen-bond donors (Lipinski definition) is 9. The molecule has 264 valence electrons. The molecule has 0 saturated carbocycles. The van der Waals surface area contributed by atoms with Crippen LogP contribution in [0, 0.1) is 0 Å². The molecule has 4 aromatic heterocycles. The van der Waals surface area contributed by atoms with Crippen LogP contribution in [0.5, 0.6) is 0 Å². The molecular formula is C20H30N10O14P3S+. The number of nitrogens with two attached hydrogens (primary N) is 2. The molecule has 0 bridgehead atoms. The second-order valence-electron chi connectivity index (χ2n) is 10.3. The molecule has 0 radical (unpaired) electrons. The van der Waals surface area contributed by atoms with Crippen LogP contribution in [0.2, 0.25) is 0 Å². The summed E-state index contributed by atoms with van der Waals surface area (Å²) in [4.78, 5) is 70.6. The van der Waals surface area contributed by atoms with E-state index in [1.807, 2.05) is 0 Å². The fourth-order valence-electron chi connectivity index (χ4n) is 4.74. The summed E-state index contributed by atoms with van der Waals surface area (Å²) in [6, 6.07) is 0. The number of imidazole rings is 2. The van der Waals surface area contributed by atoms with E-state index < -0.39 is 71.0 Å². The molecule has 1 aliphatic heterocycles.